The van der Waals surface area contributed by atoms with Gasteiger partial charge >= 0.3 is 11.1 Å². The van der Waals surface area contributed by atoms with Crippen molar-refractivity contribution in [1.82, 2.24) is 19.7 Å². The number of fused-ring (bicyclic) bond motifs is 1. The van der Waals surface area contributed by atoms with Crippen LogP contribution in [0, 0.1) is 5.82 Å². The molecule has 2 aromatic rings. The maximum atomic E-state index is 13.1. The summed E-state index contributed by atoms with van der Waals surface area (Å²) >= 11 is 0. The Hall–Kier alpha value is -3.01. The minimum atomic E-state index is -0.864. The Morgan fingerprint density at radius 2 is 1.96 bits per heavy atom. The molecule has 9 nitrogen and oxygen atoms in total. The first kappa shape index (κ1) is 17.8. The second-order valence-electron chi connectivity index (χ2n) is 5.69. The number of carbonyl (C=O) groups excluding carboxylic acids is 1. The van der Waals surface area contributed by atoms with Crippen LogP contribution in [0.1, 0.15) is 0 Å². The molecule has 0 spiro atoms. The van der Waals surface area contributed by atoms with Crippen LogP contribution < -0.4 is 21.3 Å². The second kappa shape index (κ2) is 7.48. The highest BCUT2D eigenvalue weighted by Gasteiger charge is 2.26. The van der Waals surface area contributed by atoms with Crippen LogP contribution in [0.15, 0.2) is 33.9 Å². The molecule has 0 unspecified atom stereocenters. The van der Waals surface area contributed by atoms with E-state index in [0.717, 1.165) is 4.68 Å². The molecular formula is C16H18FN5O4. The van der Waals surface area contributed by atoms with Crippen LogP contribution in [0.25, 0.3) is 0 Å². The molecule has 1 aromatic carbocycles. The summed E-state index contributed by atoms with van der Waals surface area (Å²) in [6.07, 6.45) is 0. The third-order valence-electron chi connectivity index (χ3n) is 3.96. The zero-order valence-corrected chi connectivity index (χ0v) is 14.1. The Morgan fingerprint density at radius 1 is 1.23 bits per heavy atom. The van der Waals surface area contributed by atoms with Crippen LogP contribution in [0.5, 0.6) is 0 Å². The number of carbonyl (C=O) groups is 1. The highest BCUT2D eigenvalue weighted by molar-refractivity contribution is 5.75. The Morgan fingerprint density at radius 3 is 2.65 bits per heavy atom. The fourth-order valence-electron chi connectivity index (χ4n) is 2.68. The third kappa shape index (κ3) is 3.49. The number of rotatable bonds is 6. The first-order chi connectivity index (χ1) is 12.5. The average Bonchev–Trinajstić information content (AvgIpc) is 3.04. The summed E-state index contributed by atoms with van der Waals surface area (Å²) in [4.78, 5) is 38.1. The number of nitrogens with one attached hydrogen (secondary N) is 1. The van der Waals surface area contributed by atoms with Crippen molar-refractivity contribution >= 4 is 17.5 Å². The van der Waals surface area contributed by atoms with E-state index < -0.39 is 17.0 Å². The van der Waals surface area contributed by atoms with Crippen LogP contribution in [0.2, 0.25) is 0 Å². The molecule has 1 aromatic heterocycles. The van der Waals surface area contributed by atoms with Gasteiger partial charge in [-0.3, -0.25) is 19.0 Å². The molecule has 1 N–H and O–H groups in total. The number of hydrogen-bond acceptors (Lipinski definition) is 6. The van der Waals surface area contributed by atoms with Gasteiger partial charge in [-0.2, -0.15) is 0 Å². The highest BCUT2D eigenvalue weighted by Crippen LogP contribution is 2.26. The smallest absolute Gasteiger partial charge is 0.333 e. The molecule has 0 saturated heterocycles. The van der Waals surface area contributed by atoms with Crippen molar-refractivity contribution in [1.29, 1.82) is 0 Å². The van der Waals surface area contributed by atoms with E-state index in [0.29, 0.717) is 18.8 Å². The lowest BCUT2D eigenvalue weighted by Crippen LogP contribution is -2.45. The lowest BCUT2D eigenvalue weighted by molar-refractivity contribution is -0.122. The third-order valence-corrected chi connectivity index (χ3v) is 3.96. The average molecular weight is 363 g/mol. The Balaban J connectivity index is 1.90. The molecule has 1 aliphatic rings. The van der Waals surface area contributed by atoms with Crippen LogP contribution in [-0.2, 0) is 22.6 Å². The van der Waals surface area contributed by atoms with Gasteiger partial charge in [0, 0.05) is 32.4 Å². The molecule has 3 rings (SSSR count). The molecule has 138 valence electrons. The van der Waals surface area contributed by atoms with Gasteiger partial charge in [0.2, 0.25) is 11.9 Å². The molecule has 0 fully saturated rings. The summed E-state index contributed by atoms with van der Waals surface area (Å²) < 4.78 is 20.1. The SMILES string of the molecule is COCCNC(=O)Cn1nc2n(c(=O)c1=O)CCN2c1ccc(F)cc1. The molecular weight excluding hydrogens is 345 g/mol. The molecule has 1 aliphatic heterocycles. The van der Waals surface area contributed by atoms with Crippen LogP contribution in [0.4, 0.5) is 16.0 Å². The second-order valence-corrected chi connectivity index (χ2v) is 5.69. The summed E-state index contributed by atoms with van der Waals surface area (Å²) in [6.45, 7) is 0.948. The fourth-order valence-corrected chi connectivity index (χ4v) is 2.68. The standard InChI is InChI=1S/C16H18FN5O4/c1-26-9-6-18-13(23)10-22-15(25)14(24)21-8-7-20(16(21)19-22)12-4-2-11(17)3-5-12/h2-5H,6-10H2,1H3,(H,18,23). The van der Waals surface area contributed by atoms with Crippen molar-refractivity contribution in [2.24, 2.45) is 0 Å². The Bertz CT molecular complexity index is 922. The minimum absolute atomic E-state index is 0.242. The number of amides is 1. The van der Waals surface area contributed by atoms with Gasteiger partial charge < -0.3 is 15.0 Å². The molecule has 10 heteroatoms. The minimum Gasteiger partial charge on any atom is -0.383 e. The van der Waals surface area contributed by atoms with E-state index in [1.807, 2.05) is 0 Å². The topological polar surface area (TPSA) is 98.5 Å². The number of hydrogen-bond donors (Lipinski definition) is 1. The number of aromatic nitrogens is 3. The van der Waals surface area contributed by atoms with E-state index in [1.165, 1.54) is 23.8 Å². The maximum Gasteiger partial charge on any atom is 0.333 e. The molecule has 0 radical (unpaired) electrons. The Kier molecular flexibility index (Phi) is 5.12. The van der Waals surface area contributed by atoms with Crippen molar-refractivity contribution in [2.45, 2.75) is 13.1 Å². The Labute approximate surface area is 147 Å². The lowest BCUT2D eigenvalue weighted by atomic mass is 10.3. The van der Waals surface area contributed by atoms with Crippen molar-refractivity contribution in [2.75, 3.05) is 31.7 Å². The zero-order chi connectivity index (χ0) is 18.7. The molecule has 0 atom stereocenters. The molecule has 0 bridgehead atoms. The number of ether oxygens (including phenoxy) is 1. The lowest BCUT2D eigenvalue weighted by Gasteiger charge is -2.17. The van der Waals surface area contributed by atoms with Gasteiger partial charge in [0.25, 0.3) is 0 Å². The van der Waals surface area contributed by atoms with Gasteiger partial charge in [-0.25, -0.2) is 9.07 Å². The molecule has 0 saturated carbocycles. The van der Waals surface area contributed by atoms with E-state index in [2.05, 4.69) is 10.4 Å². The molecule has 2 heterocycles. The number of halogens is 1. The van der Waals surface area contributed by atoms with E-state index in [9.17, 15) is 18.8 Å². The van der Waals surface area contributed by atoms with E-state index in [1.54, 1.807) is 17.0 Å². The summed E-state index contributed by atoms with van der Waals surface area (Å²) in [6, 6.07) is 5.72. The van der Waals surface area contributed by atoms with E-state index in [-0.39, 0.29) is 31.4 Å². The van der Waals surface area contributed by atoms with Gasteiger partial charge in [0.15, 0.2) is 0 Å². The van der Waals surface area contributed by atoms with E-state index in [4.69, 9.17) is 4.74 Å². The van der Waals surface area contributed by atoms with Gasteiger partial charge in [-0.15, -0.1) is 5.10 Å². The van der Waals surface area contributed by atoms with Crippen LogP contribution >= 0.6 is 0 Å². The van der Waals surface area contributed by atoms with Crippen molar-refractivity contribution in [3.05, 3.63) is 50.8 Å². The summed E-state index contributed by atoms with van der Waals surface area (Å²) in [7, 11) is 1.50. The zero-order valence-electron chi connectivity index (χ0n) is 14.1. The molecule has 26 heavy (non-hydrogen) atoms. The number of anilines is 2. The van der Waals surface area contributed by atoms with Gasteiger partial charge in [-0.05, 0) is 24.3 Å². The highest BCUT2D eigenvalue weighted by atomic mass is 19.1. The maximum absolute atomic E-state index is 13.1. The quantitative estimate of drug-likeness (QED) is 0.547. The number of nitrogens with zero attached hydrogens (tertiary/aromatic N) is 4. The predicted octanol–water partition coefficient (Wildman–Crippen LogP) is -0.542. The van der Waals surface area contributed by atoms with Crippen molar-refractivity contribution < 1.29 is 13.9 Å². The number of methoxy groups -OCH3 is 1. The first-order valence-electron chi connectivity index (χ1n) is 8.02. The summed E-state index contributed by atoms with van der Waals surface area (Å²) in [5.74, 6) is -0.589. The van der Waals surface area contributed by atoms with E-state index >= 15 is 0 Å². The largest absolute Gasteiger partial charge is 0.383 e. The fraction of sp³-hybridized carbons (Fsp3) is 0.375. The van der Waals surface area contributed by atoms with Crippen LogP contribution in [-0.4, -0.2) is 47.1 Å². The summed E-state index contributed by atoms with van der Waals surface area (Å²) in [5, 5.41) is 6.74. The van der Waals surface area contributed by atoms with Crippen molar-refractivity contribution in [3.63, 3.8) is 0 Å². The predicted molar refractivity (Wildman–Crippen MR) is 91.0 cm³/mol. The summed E-state index contributed by atoms with van der Waals surface area (Å²) in [5.41, 5.74) is -0.972. The first-order valence-corrected chi connectivity index (χ1v) is 8.02. The van der Waals surface area contributed by atoms with Gasteiger partial charge in [0.1, 0.15) is 12.4 Å². The monoisotopic (exact) mass is 363 g/mol. The normalized spacial score (nSPS) is 12.9. The van der Waals surface area contributed by atoms with Gasteiger partial charge in [-0.1, -0.05) is 0 Å². The number of benzene rings is 1. The van der Waals surface area contributed by atoms with Crippen molar-refractivity contribution in [3.8, 4) is 0 Å². The molecule has 1 amide bonds. The van der Waals surface area contributed by atoms with Gasteiger partial charge in [0.05, 0.1) is 6.61 Å². The van der Waals surface area contributed by atoms with Crippen LogP contribution in [0.3, 0.4) is 0 Å². The molecule has 0 aliphatic carbocycles.